The van der Waals surface area contributed by atoms with Crippen molar-refractivity contribution in [3.05, 3.63) is 89.2 Å². The number of ether oxygens (including phenoxy) is 1. The van der Waals surface area contributed by atoms with E-state index in [4.69, 9.17) is 16.3 Å². The Bertz CT molecular complexity index is 1160. The van der Waals surface area contributed by atoms with E-state index in [0.717, 1.165) is 29.8 Å². The summed E-state index contributed by atoms with van der Waals surface area (Å²) in [5, 5.41) is 3.05. The molecule has 0 fully saturated rings. The highest BCUT2D eigenvalue weighted by Crippen LogP contribution is 2.28. The zero-order valence-electron chi connectivity index (χ0n) is 16.5. The van der Waals surface area contributed by atoms with Gasteiger partial charge in [-0.1, -0.05) is 41.9 Å². The van der Waals surface area contributed by atoms with Crippen molar-refractivity contribution in [3.8, 4) is 5.75 Å². The van der Waals surface area contributed by atoms with E-state index in [1.54, 1.807) is 36.4 Å². The number of amides is 1. The molecule has 0 spiro atoms. The summed E-state index contributed by atoms with van der Waals surface area (Å²) < 4.78 is 46.5. The first-order valence-electron chi connectivity index (χ1n) is 9.25. The van der Waals surface area contributed by atoms with Gasteiger partial charge in [0.05, 0.1) is 17.7 Å². The summed E-state index contributed by atoms with van der Waals surface area (Å²) in [7, 11) is -2.65. The van der Waals surface area contributed by atoms with Crippen molar-refractivity contribution in [3.63, 3.8) is 0 Å². The molecule has 1 amide bonds. The standard InChI is InChI=1S/C22H20ClFN2O4S/c1-30-21-12-7-16(23)14-19(21)25-22(27)20(13-15-5-3-2-4-6-15)26-31(28,29)18-10-8-17(24)9-11-18/h2-12,14,20,26H,13H2,1H3,(H,25,27). The van der Waals surface area contributed by atoms with Gasteiger partial charge in [-0.2, -0.15) is 4.72 Å². The summed E-state index contributed by atoms with van der Waals surface area (Å²) in [4.78, 5) is 12.9. The first kappa shape index (κ1) is 22.7. The van der Waals surface area contributed by atoms with Crippen LogP contribution in [0, 0.1) is 5.82 Å². The Kier molecular flexibility index (Phi) is 7.27. The van der Waals surface area contributed by atoms with Gasteiger partial charge in [0.1, 0.15) is 17.6 Å². The minimum atomic E-state index is -4.09. The van der Waals surface area contributed by atoms with Crippen LogP contribution in [-0.2, 0) is 21.2 Å². The number of carbonyl (C=O) groups excluding carboxylic acids is 1. The highest BCUT2D eigenvalue weighted by Gasteiger charge is 2.27. The van der Waals surface area contributed by atoms with E-state index in [1.807, 2.05) is 6.07 Å². The number of sulfonamides is 1. The second kappa shape index (κ2) is 9.91. The van der Waals surface area contributed by atoms with Gasteiger partial charge < -0.3 is 10.1 Å². The quantitative estimate of drug-likeness (QED) is 0.529. The van der Waals surface area contributed by atoms with Crippen LogP contribution >= 0.6 is 11.6 Å². The van der Waals surface area contributed by atoms with E-state index in [0.29, 0.717) is 16.5 Å². The SMILES string of the molecule is COc1ccc(Cl)cc1NC(=O)C(Cc1ccccc1)NS(=O)(=O)c1ccc(F)cc1. The summed E-state index contributed by atoms with van der Waals surface area (Å²) in [6, 6.07) is 16.9. The smallest absolute Gasteiger partial charge is 0.243 e. The number of hydrogen-bond acceptors (Lipinski definition) is 4. The number of nitrogens with one attached hydrogen (secondary N) is 2. The highest BCUT2D eigenvalue weighted by molar-refractivity contribution is 7.89. The van der Waals surface area contributed by atoms with Gasteiger partial charge in [0.15, 0.2) is 0 Å². The summed E-state index contributed by atoms with van der Waals surface area (Å²) in [6.45, 7) is 0. The van der Waals surface area contributed by atoms with Crippen LogP contribution in [0.1, 0.15) is 5.56 Å². The van der Waals surface area contributed by atoms with E-state index < -0.39 is 27.8 Å². The van der Waals surface area contributed by atoms with Crippen molar-refractivity contribution in [1.29, 1.82) is 0 Å². The van der Waals surface area contributed by atoms with E-state index in [9.17, 15) is 17.6 Å². The molecule has 0 saturated carbocycles. The molecule has 0 aliphatic rings. The molecule has 1 unspecified atom stereocenters. The van der Waals surface area contributed by atoms with Crippen LogP contribution in [0.15, 0.2) is 77.7 Å². The molecule has 31 heavy (non-hydrogen) atoms. The number of halogens is 2. The fourth-order valence-electron chi connectivity index (χ4n) is 2.90. The maximum absolute atomic E-state index is 13.2. The topological polar surface area (TPSA) is 84.5 Å². The fourth-order valence-corrected chi connectivity index (χ4v) is 4.27. The monoisotopic (exact) mass is 462 g/mol. The number of carbonyl (C=O) groups is 1. The summed E-state index contributed by atoms with van der Waals surface area (Å²) in [6.07, 6.45) is 0.0932. The summed E-state index contributed by atoms with van der Waals surface area (Å²) in [5.74, 6) is -0.793. The Morgan fingerprint density at radius 3 is 2.39 bits per heavy atom. The largest absolute Gasteiger partial charge is 0.495 e. The zero-order valence-corrected chi connectivity index (χ0v) is 18.1. The van der Waals surface area contributed by atoms with E-state index in [1.165, 1.54) is 13.2 Å². The van der Waals surface area contributed by atoms with Gasteiger partial charge in [-0.3, -0.25) is 4.79 Å². The fraction of sp³-hybridized carbons (Fsp3) is 0.136. The molecule has 6 nitrogen and oxygen atoms in total. The van der Waals surface area contributed by atoms with Crippen LogP contribution in [0.3, 0.4) is 0 Å². The number of rotatable bonds is 8. The third kappa shape index (κ3) is 6.04. The average Bonchev–Trinajstić information content (AvgIpc) is 2.74. The van der Waals surface area contributed by atoms with Crippen LogP contribution in [-0.4, -0.2) is 27.5 Å². The summed E-state index contributed by atoms with van der Waals surface area (Å²) >= 11 is 6.02. The molecule has 162 valence electrons. The molecule has 3 rings (SSSR count). The van der Waals surface area contributed by atoms with Crippen molar-refractivity contribution in [2.75, 3.05) is 12.4 Å². The molecule has 1 atom stereocenters. The molecule has 0 bridgehead atoms. The van der Waals surface area contributed by atoms with Gasteiger partial charge in [0.2, 0.25) is 15.9 Å². The molecule has 2 N–H and O–H groups in total. The molecule has 3 aromatic carbocycles. The van der Waals surface area contributed by atoms with Gasteiger partial charge in [-0.15, -0.1) is 0 Å². The molecule has 0 heterocycles. The minimum Gasteiger partial charge on any atom is -0.495 e. The molecule has 9 heteroatoms. The molecule has 0 aliphatic carbocycles. The lowest BCUT2D eigenvalue weighted by atomic mass is 10.1. The molecule has 0 aliphatic heterocycles. The van der Waals surface area contributed by atoms with Crippen molar-refractivity contribution in [1.82, 2.24) is 4.72 Å². The second-order valence-corrected chi connectivity index (χ2v) is 8.80. The first-order chi connectivity index (χ1) is 14.8. The maximum Gasteiger partial charge on any atom is 0.243 e. The lowest BCUT2D eigenvalue weighted by Crippen LogP contribution is -2.45. The Morgan fingerprint density at radius 2 is 1.74 bits per heavy atom. The molecular weight excluding hydrogens is 443 g/mol. The summed E-state index contributed by atoms with van der Waals surface area (Å²) in [5.41, 5.74) is 1.06. The number of methoxy groups -OCH3 is 1. The highest BCUT2D eigenvalue weighted by atomic mass is 35.5. The lowest BCUT2D eigenvalue weighted by Gasteiger charge is -2.20. The normalized spacial score (nSPS) is 12.2. The molecule has 0 radical (unpaired) electrons. The van der Waals surface area contributed by atoms with Gasteiger partial charge in [-0.25, -0.2) is 12.8 Å². The average molecular weight is 463 g/mol. The van der Waals surface area contributed by atoms with E-state index in [-0.39, 0.29) is 11.3 Å². The molecule has 0 aromatic heterocycles. The van der Waals surface area contributed by atoms with Gasteiger partial charge in [0, 0.05) is 5.02 Å². The first-order valence-corrected chi connectivity index (χ1v) is 11.1. The Balaban J connectivity index is 1.90. The third-order valence-electron chi connectivity index (χ3n) is 4.44. The Labute approximate surface area is 185 Å². The van der Waals surface area contributed by atoms with Crippen LogP contribution in [0.4, 0.5) is 10.1 Å². The number of benzene rings is 3. The van der Waals surface area contributed by atoms with Gasteiger partial charge in [0.25, 0.3) is 0 Å². The van der Waals surface area contributed by atoms with Crippen molar-refractivity contribution in [2.45, 2.75) is 17.4 Å². The predicted octanol–water partition coefficient (Wildman–Crippen LogP) is 4.02. The van der Waals surface area contributed by atoms with Crippen molar-refractivity contribution in [2.24, 2.45) is 0 Å². The predicted molar refractivity (Wildman–Crippen MR) is 117 cm³/mol. The van der Waals surface area contributed by atoms with Crippen molar-refractivity contribution >= 4 is 33.2 Å². The molecular formula is C22H20ClFN2O4S. The van der Waals surface area contributed by atoms with Gasteiger partial charge in [-0.05, 0) is 54.4 Å². The molecule has 3 aromatic rings. The second-order valence-electron chi connectivity index (χ2n) is 6.65. The number of anilines is 1. The zero-order chi connectivity index (χ0) is 22.4. The van der Waals surface area contributed by atoms with Crippen LogP contribution < -0.4 is 14.8 Å². The van der Waals surface area contributed by atoms with Gasteiger partial charge >= 0.3 is 0 Å². The van der Waals surface area contributed by atoms with Crippen LogP contribution in [0.25, 0.3) is 0 Å². The third-order valence-corrected chi connectivity index (χ3v) is 6.16. The Hall–Kier alpha value is -2.94. The van der Waals surface area contributed by atoms with E-state index >= 15 is 0 Å². The number of hydrogen-bond donors (Lipinski definition) is 2. The lowest BCUT2D eigenvalue weighted by molar-refractivity contribution is -0.117. The van der Waals surface area contributed by atoms with Crippen LogP contribution in [0.2, 0.25) is 5.02 Å². The van der Waals surface area contributed by atoms with Crippen molar-refractivity contribution < 1.29 is 22.3 Å². The van der Waals surface area contributed by atoms with Crippen LogP contribution in [0.5, 0.6) is 5.75 Å². The van der Waals surface area contributed by atoms with E-state index in [2.05, 4.69) is 10.0 Å². The Morgan fingerprint density at radius 1 is 1.06 bits per heavy atom. The molecule has 0 saturated heterocycles. The maximum atomic E-state index is 13.2. The minimum absolute atomic E-state index is 0.0932.